The van der Waals surface area contributed by atoms with E-state index in [1.807, 2.05) is 0 Å². The molecule has 1 heterocycles. The van der Waals surface area contributed by atoms with Gasteiger partial charge < -0.3 is 29.8 Å². The van der Waals surface area contributed by atoms with Gasteiger partial charge in [0, 0.05) is 12.1 Å². The topological polar surface area (TPSA) is 138 Å². The number of nitrogens with zero attached hydrogens (tertiary/aromatic N) is 1. The number of hydrogen-bond donors (Lipinski definition) is 2. The molecule has 30 heavy (non-hydrogen) atoms. The number of carboxylic acids is 1. The first-order chi connectivity index (χ1) is 13.9. The van der Waals surface area contributed by atoms with Gasteiger partial charge in [-0.2, -0.15) is 0 Å². The minimum absolute atomic E-state index is 0.284. The lowest BCUT2D eigenvalue weighted by Gasteiger charge is -2.31. The fourth-order valence-corrected chi connectivity index (χ4v) is 4.57. The second kappa shape index (κ2) is 8.90. The second-order valence-corrected chi connectivity index (χ2v) is 8.65. The number of methoxy groups -OCH3 is 3. The fraction of sp³-hybridized carbons (Fsp3) is 0.526. The normalized spacial score (nSPS) is 21.1. The maximum atomic E-state index is 13.0. The van der Waals surface area contributed by atoms with E-state index in [1.165, 1.54) is 21.3 Å². The molecule has 2 amide bonds. The summed E-state index contributed by atoms with van der Waals surface area (Å²) in [4.78, 5) is 38.1. The molecule has 1 aromatic rings. The summed E-state index contributed by atoms with van der Waals surface area (Å²) in [7, 11) is 4.29. The number of carboxylic acid groups (broad SMARTS) is 1. The van der Waals surface area contributed by atoms with Gasteiger partial charge in [0.2, 0.25) is 5.91 Å². The highest BCUT2D eigenvalue weighted by molar-refractivity contribution is 8.01. The summed E-state index contributed by atoms with van der Waals surface area (Å²) in [6, 6.07) is 1.60. The van der Waals surface area contributed by atoms with Crippen LogP contribution in [0.3, 0.4) is 0 Å². The highest BCUT2D eigenvalue weighted by atomic mass is 32.2. The molecule has 10 nitrogen and oxygen atoms in total. The van der Waals surface area contributed by atoms with Crippen LogP contribution in [0.25, 0.3) is 0 Å². The Balaban J connectivity index is 2.70. The summed E-state index contributed by atoms with van der Waals surface area (Å²) in [5.74, 6) is -1.25. The third-order valence-electron chi connectivity index (χ3n) is 4.25. The Morgan fingerprint density at radius 1 is 1.07 bits per heavy atom. The largest absolute Gasteiger partial charge is 0.496 e. The summed E-state index contributed by atoms with van der Waals surface area (Å²) in [6.07, 6.45) is -0.906. The van der Waals surface area contributed by atoms with Gasteiger partial charge in [0.15, 0.2) is 6.04 Å². The van der Waals surface area contributed by atoms with Crippen LogP contribution >= 0.6 is 11.8 Å². The molecule has 1 aliphatic heterocycles. The molecular weight excluding hydrogens is 416 g/mol. The Bertz CT molecular complexity index is 813. The van der Waals surface area contributed by atoms with Crippen LogP contribution in [-0.2, 0) is 14.3 Å². The molecule has 2 rings (SSSR count). The number of ether oxygens (including phenoxy) is 4. The molecule has 1 aromatic carbocycles. The quantitative estimate of drug-likeness (QED) is 0.677. The minimum Gasteiger partial charge on any atom is -0.496 e. The molecule has 0 spiro atoms. The first-order valence-electron chi connectivity index (χ1n) is 8.94. The number of aliphatic carboxylic acids is 1. The van der Waals surface area contributed by atoms with Gasteiger partial charge in [0.05, 0.1) is 26.9 Å². The van der Waals surface area contributed by atoms with E-state index in [1.54, 1.807) is 32.9 Å². The van der Waals surface area contributed by atoms with Gasteiger partial charge in [-0.25, -0.2) is 9.59 Å². The summed E-state index contributed by atoms with van der Waals surface area (Å²) in [5.41, 5.74) is 4.92. The molecule has 3 N–H and O–H groups in total. The number of carbonyl (C=O) groups is 3. The first-order valence-corrected chi connectivity index (χ1v) is 9.88. The van der Waals surface area contributed by atoms with E-state index in [-0.39, 0.29) is 11.5 Å². The predicted octanol–water partition coefficient (Wildman–Crippen LogP) is 2.00. The predicted molar refractivity (Wildman–Crippen MR) is 109 cm³/mol. The molecular formula is C19H26N2O8S. The van der Waals surface area contributed by atoms with E-state index in [2.05, 4.69) is 0 Å². The molecule has 0 aliphatic carbocycles. The molecule has 0 saturated carbocycles. The summed E-state index contributed by atoms with van der Waals surface area (Å²) in [5, 5.41) is 7.61. The van der Waals surface area contributed by atoms with Crippen LogP contribution in [0.1, 0.15) is 31.7 Å². The van der Waals surface area contributed by atoms with Gasteiger partial charge in [-0.05, 0) is 20.8 Å². The highest BCUT2D eigenvalue weighted by Crippen LogP contribution is 2.52. The maximum Gasteiger partial charge on any atom is 0.412 e. The standard InChI is InChI=1S/C19H26N2O8S/c1-19(2,3)29-18(25)21-13(17(23)24)14(15(20)22)30-16(21)12-10(27-5)7-9(26-4)8-11(12)28-6/h7-8,13-14,16H,1-6H3,(H2,20,22)(H,23,24)/t13-,14-,16?/m0/s1. The average Bonchev–Trinajstić information content (AvgIpc) is 3.06. The van der Waals surface area contributed by atoms with E-state index in [9.17, 15) is 19.5 Å². The number of thioether (sulfide) groups is 1. The van der Waals surface area contributed by atoms with Crippen LogP contribution in [0.15, 0.2) is 12.1 Å². The number of primary amides is 1. The van der Waals surface area contributed by atoms with Crippen LogP contribution in [-0.4, -0.2) is 66.2 Å². The number of carbonyl (C=O) groups excluding carboxylic acids is 2. The number of hydrogen-bond acceptors (Lipinski definition) is 8. The van der Waals surface area contributed by atoms with E-state index in [0.29, 0.717) is 11.3 Å². The van der Waals surface area contributed by atoms with Crippen molar-refractivity contribution in [2.24, 2.45) is 5.73 Å². The van der Waals surface area contributed by atoms with Gasteiger partial charge in [-0.15, -0.1) is 11.8 Å². The van der Waals surface area contributed by atoms with Gasteiger partial charge in [-0.3, -0.25) is 9.69 Å². The summed E-state index contributed by atoms with van der Waals surface area (Å²) >= 11 is 0.912. The number of rotatable bonds is 6. The number of benzene rings is 1. The van der Waals surface area contributed by atoms with Gasteiger partial charge >= 0.3 is 12.1 Å². The van der Waals surface area contributed by atoms with Crippen molar-refractivity contribution >= 4 is 29.7 Å². The van der Waals surface area contributed by atoms with Crippen molar-refractivity contribution in [3.8, 4) is 17.2 Å². The zero-order chi connectivity index (χ0) is 22.8. The van der Waals surface area contributed by atoms with E-state index < -0.39 is 40.2 Å². The van der Waals surface area contributed by atoms with Crippen LogP contribution < -0.4 is 19.9 Å². The Morgan fingerprint density at radius 3 is 1.97 bits per heavy atom. The molecule has 11 heteroatoms. The SMILES string of the molecule is COc1cc(OC)c(C2S[C@H](C(N)=O)[C@@H](C(=O)O)N2C(=O)OC(C)(C)C)c(OC)c1. The van der Waals surface area contributed by atoms with Gasteiger partial charge in [-0.1, -0.05) is 0 Å². The molecule has 0 radical (unpaired) electrons. The Morgan fingerprint density at radius 2 is 1.60 bits per heavy atom. The molecule has 3 atom stereocenters. The number of amides is 2. The molecule has 0 bridgehead atoms. The van der Waals surface area contributed by atoms with E-state index >= 15 is 0 Å². The molecule has 1 unspecified atom stereocenters. The fourth-order valence-electron chi connectivity index (χ4n) is 3.05. The van der Waals surface area contributed by atoms with Crippen molar-refractivity contribution in [3.63, 3.8) is 0 Å². The van der Waals surface area contributed by atoms with Crippen molar-refractivity contribution < 1.29 is 38.4 Å². The number of nitrogens with two attached hydrogens (primary N) is 1. The van der Waals surface area contributed by atoms with Gasteiger partial charge in [0.1, 0.15) is 33.5 Å². The van der Waals surface area contributed by atoms with Crippen molar-refractivity contribution in [2.75, 3.05) is 21.3 Å². The zero-order valence-electron chi connectivity index (χ0n) is 17.6. The molecule has 0 aromatic heterocycles. The summed E-state index contributed by atoms with van der Waals surface area (Å²) in [6.45, 7) is 4.96. The highest BCUT2D eigenvalue weighted by Gasteiger charge is 2.54. The maximum absolute atomic E-state index is 13.0. The van der Waals surface area contributed by atoms with Gasteiger partial charge in [0.25, 0.3) is 0 Å². The van der Waals surface area contributed by atoms with Crippen molar-refractivity contribution in [1.29, 1.82) is 0 Å². The third-order valence-corrected chi connectivity index (χ3v) is 5.76. The van der Waals surface area contributed by atoms with Crippen molar-refractivity contribution in [1.82, 2.24) is 4.90 Å². The van der Waals surface area contributed by atoms with Crippen LogP contribution in [0.5, 0.6) is 17.2 Å². The average molecular weight is 442 g/mol. The smallest absolute Gasteiger partial charge is 0.412 e. The van der Waals surface area contributed by atoms with E-state index in [0.717, 1.165) is 16.7 Å². The summed E-state index contributed by atoms with van der Waals surface area (Å²) < 4.78 is 21.6. The van der Waals surface area contributed by atoms with Crippen LogP contribution in [0, 0.1) is 0 Å². The minimum atomic E-state index is -1.54. The molecule has 1 saturated heterocycles. The lowest BCUT2D eigenvalue weighted by Crippen LogP contribution is -2.50. The monoisotopic (exact) mass is 442 g/mol. The molecule has 1 fully saturated rings. The third kappa shape index (κ3) is 4.66. The van der Waals surface area contributed by atoms with Crippen LogP contribution in [0.2, 0.25) is 0 Å². The zero-order valence-corrected chi connectivity index (χ0v) is 18.4. The lowest BCUT2D eigenvalue weighted by molar-refractivity contribution is -0.144. The Labute approximate surface area is 178 Å². The van der Waals surface area contributed by atoms with Crippen LogP contribution in [0.4, 0.5) is 4.79 Å². The van der Waals surface area contributed by atoms with Crippen molar-refractivity contribution in [2.45, 2.75) is 43.0 Å². The van der Waals surface area contributed by atoms with E-state index in [4.69, 9.17) is 24.7 Å². The molecule has 166 valence electrons. The first kappa shape index (κ1) is 23.5. The Hall–Kier alpha value is -2.82. The van der Waals surface area contributed by atoms with Crippen molar-refractivity contribution in [3.05, 3.63) is 17.7 Å². The second-order valence-electron chi connectivity index (χ2n) is 7.43. The Kier molecular flexibility index (Phi) is 6.96. The molecule has 1 aliphatic rings. The lowest BCUT2D eigenvalue weighted by atomic mass is 10.1.